The molecule has 10 heteroatoms. The zero-order valence-corrected chi connectivity index (χ0v) is 15.5. The molecule has 0 fully saturated rings. The molecule has 27 heavy (non-hydrogen) atoms. The van der Waals surface area contributed by atoms with Crippen molar-refractivity contribution in [2.75, 3.05) is 5.75 Å². The Balaban J connectivity index is 2.29. The first-order chi connectivity index (χ1) is 12.4. The van der Waals surface area contributed by atoms with Crippen LogP contribution >= 0.6 is 11.6 Å². The van der Waals surface area contributed by atoms with Crippen LogP contribution in [0, 0.1) is 5.82 Å². The molecule has 1 N–H and O–H groups in total. The highest BCUT2D eigenvalue weighted by Gasteiger charge is 2.32. The van der Waals surface area contributed by atoms with Gasteiger partial charge in [0, 0.05) is 17.1 Å². The van der Waals surface area contributed by atoms with E-state index in [1.807, 2.05) is 0 Å². The van der Waals surface area contributed by atoms with Crippen molar-refractivity contribution in [2.24, 2.45) is 0 Å². The van der Waals surface area contributed by atoms with E-state index < -0.39 is 38.9 Å². The normalized spacial score (nSPS) is 12.1. The summed E-state index contributed by atoms with van der Waals surface area (Å²) in [6.45, 7) is 1.13. The lowest BCUT2D eigenvalue weighted by molar-refractivity contribution is -0.137. The number of carbonyl (C=O) groups excluding carboxylic acids is 1. The predicted octanol–water partition coefficient (Wildman–Crippen LogP) is 4.22. The summed E-state index contributed by atoms with van der Waals surface area (Å²) in [4.78, 5) is 12.1. The highest BCUT2D eigenvalue weighted by atomic mass is 35.5. The molecule has 0 saturated heterocycles. The lowest BCUT2D eigenvalue weighted by Gasteiger charge is -2.12. The topological polar surface area (TPSA) is 63.2 Å². The van der Waals surface area contributed by atoms with Crippen molar-refractivity contribution in [3.8, 4) is 0 Å². The molecule has 0 atom stereocenters. The van der Waals surface area contributed by atoms with Crippen LogP contribution < -0.4 is 5.32 Å². The van der Waals surface area contributed by atoms with Gasteiger partial charge in [-0.2, -0.15) is 13.2 Å². The standard InChI is InChI=1S/C17H14ClF4NO3S/c1-2-27(25,26)15-4-3-13(18)6-11(15)9-23-16(24)10-5-12(17(20,21)22)8-14(19)7-10/h3-8H,2,9H2,1H3,(H,23,24). The maximum atomic E-state index is 13.4. The molecule has 0 aromatic heterocycles. The first kappa shape index (κ1) is 21.2. The summed E-state index contributed by atoms with van der Waals surface area (Å²) < 4.78 is 75.9. The van der Waals surface area contributed by atoms with E-state index in [2.05, 4.69) is 5.32 Å². The van der Waals surface area contributed by atoms with Crippen molar-refractivity contribution < 1.29 is 30.8 Å². The minimum absolute atomic E-state index is 0.0510. The number of halogens is 5. The summed E-state index contributed by atoms with van der Waals surface area (Å²) in [5.41, 5.74) is -1.67. The lowest BCUT2D eigenvalue weighted by atomic mass is 10.1. The van der Waals surface area contributed by atoms with Crippen molar-refractivity contribution in [3.05, 3.63) is 63.9 Å². The Morgan fingerprint density at radius 1 is 1.15 bits per heavy atom. The van der Waals surface area contributed by atoms with Gasteiger partial charge < -0.3 is 5.32 Å². The molecule has 2 aromatic carbocycles. The third-order valence-electron chi connectivity index (χ3n) is 3.66. The Bertz CT molecular complexity index is 975. The van der Waals surface area contributed by atoms with E-state index in [1.54, 1.807) is 0 Å². The number of hydrogen-bond acceptors (Lipinski definition) is 3. The average molecular weight is 424 g/mol. The Morgan fingerprint density at radius 2 is 1.81 bits per heavy atom. The van der Waals surface area contributed by atoms with Crippen LogP contribution in [0.5, 0.6) is 0 Å². The monoisotopic (exact) mass is 423 g/mol. The zero-order valence-electron chi connectivity index (χ0n) is 13.9. The van der Waals surface area contributed by atoms with Gasteiger partial charge in [-0.25, -0.2) is 12.8 Å². The fourth-order valence-corrected chi connectivity index (χ4v) is 3.62. The van der Waals surface area contributed by atoms with Crippen molar-refractivity contribution in [1.29, 1.82) is 0 Å². The van der Waals surface area contributed by atoms with Gasteiger partial charge in [-0.05, 0) is 42.0 Å². The highest BCUT2D eigenvalue weighted by molar-refractivity contribution is 7.91. The van der Waals surface area contributed by atoms with Crippen LogP contribution in [0.2, 0.25) is 5.02 Å². The van der Waals surface area contributed by atoms with Crippen molar-refractivity contribution in [2.45, 2.75) is 24.5 Å². The Hall–Kier alpha value is -2.13. The maximum absolute atomic E-state index is 13.4. The molecule has 2 aromatic rings. The van der Waals surface area contributed by atoms with Gasteiger partial charge in [-0.3, -0.25) is 4.79 Å². The van der Waals surface area contributed by atoms with Gasteiger partial charge in [-0.15, -0.1) is 0 Å². The summed E-state index contributed by atoms with van der Waals surface area (Å²) in [7, 11) is -3.61. The molecule has 0 aliphatic rings. The summed E-state index contributed by atoms with van der Waals surface area (Å²) in [6.07, 6.45) is -4.81. The van der Waals surface area contributed by atoms with Crippen LogP contribution in [-0.2, 0) is 22.6 Å². The molecule has 0 unspecified atom stereocenters. The molecule has 0 bridgehead atoms. The van der Waals surface area contributed by atoms with E-state index >= 15 is 0 Å². The molecule has 4 nitrogen and oxygen atoms in total. The molecule has 0 radical (unpaired) electrons. The van der Waals surface area contributed by atoms with Gasteiger partial charge in [0.05, 0.1) is 16.2 Å². The Kier molecular flexibility index (Phi) is 6.16. The number of benzene rings is 2. The van der Waals surface area contributed by atoms with Crippen LogP contribution in [0.25, 0.3) is 0 Å². The molecule has 0 saturated carbocycles. The van der Waals surface area contributed by atoms with Crippen LogP contribution in [0.4, 0.5) is 17.6 Å². The van der Waals surface area contributed by atoms with Crippen LogP contribution in [0.15, 0.2) is 41.3 Å². The molecule has 2 rings (SSSR count). The minimum atomic E-state index is -4.81. The molecule has 0 aliphatic carbocycles. The van der Waals surface area contributed by atoms with Crippen LogP contribution in [0.3, 0.4) is 0 Å². The largest absolute Gasteiger partial charge is 0.416 e. The predicted molar refractivity (Wildman–Crippen MR) is 91.8 cm³/mol. The Morgan fingerprint density at radius 3 is 2.41 bits per heavy atom. The maximum Gasteiger partial charge on any atom is 0.416 e. The molecule has 0 spiro atoms. The number of amides is 1. The number of sulfone groups is 1. The number of rotatable bonds is 5. The Labute approximate surface area is 158 Å². The van der Waals surface area contributed by atoms with E-state index in [0.29, 0.717) is 12.1 Å². The van der Waals surface area contributed by atoms with Gasteiger partial charge in [0.15, 0.2) is 9.84 Å². The summed E-state index contributed by atoms with van der Waals surface area (Å²) in [5.74, 6) is -2.39. The minimum Gasteiger partial charge on any atom is -0.348 e. The van der Waals surface area contributed by atoms with Crippen LogP contribution in [-0.4, -0.2) is 20.1 Å². The second-order valence-electron chi connectivity index (χ2n) is 5.56. The fourth-order valence-electron chi connectivity index (χ4n) is 2.31. The summed E-state index contributed by atoms with van der Waals surface area (Å²) in [6, 6.07) is 5.44. The van der Waals surface area contributed by atoms with E-state index in [9.17, 15) is 30.8 Å². The van der Waals surface area contributed by atoms with E-state index in [1.165, 1.54) is 25.1 Å². The van der Waals surface area contributed by atoms with Gasteiger partial charge in [0.2, 0.25) is 0 Å². The lowest BCUT2D eigenvalue weighted by Crippen LogP contribution is -2.24. The first-order valence-corrected chi connectivity index (χ1v) is 9.64. The van der Waals surface area contributed by atoms with E-state index in [-0.39, 0.29) is 33.8 Å². The SMILES string of the molecule is CCS(=O)(=O)c1ccc(Cl)cc1CNC(=O)c1cc(F)cc(C(F)(F)F)c1. The van der Waals surface area contributed by atoms with Crippen LogP contribution in [0.1, 0.15) is 28.4 Å². The number of carbonyl (C=O) groups is 1. The molecular weight excluding hydrogens is 410 g/mol. The smallest absolute Gasteiger partial charge is 0.348 e. The molecule has 146 valence electrons. The van der Waals surface area contributed by atoms with E-state index in [4.69, 9.17) is 11.6 Å². The molecule has 1 amide bonds. The van der Waals surface area contributed by atoms with Crippen molar-refractivity contribution >= 4 is 27.3 Å². The summed E-state index contributed by atoms with van der Waals surface area (Å²) >= 11 is 5.85. The number of nitrogens with one attached hydrogen (secondary N) is 1. The zero-order chi connectivity index (χ0) is 20.4. The van der Waals surface area contributed by atoms with Crippen molar-refractivity contribution in [1.82, 2.24) is 5.32 Å². The fraction of sp³-hybridized carbons (Fsp3) is 0.235. The highest BCUT2D eigenvalue weighted by Crippen LogP contribution is 2.30. The number of hydrogen-bond donors (Lipinski definition) is 1. The second-order valence-corrected chi connectivity index (χ2v) is 8.25. The molecule has 0 aliphatic heterocycles. The summed E-state index contributed by atoms with van der Waals surface area (Å²) in [5, 5.41) is 2.51. The van der Waals surface area contributed by atoms with Gasteiger partial charge >= 0.3 is 6.18 Å². The number of alkyl halides is 3. The van der Waals surface area contributed by atoms with Gasteiger partial charge in [-0.1, -0.05) is 18.5 Å². The first-order valence-electron chi connectivity index (χ1n) is 7.61. The third-order valence-corrected chi connectivity index (χ3v) is 5.73. The third kappa shape index (κ3) is 5.20. The average Bonchev–Trinajstić information content (AvgIpc) is 2.58. The van der Waals surface area contributed by atoms with Gasteiger partial charge in [0.25, 0.3) is 5.91 Å². The quantitative estimate of drug-likeness (QED) is 0.732. The second kappa shape index (κ2) is 7.85. The van der Waals surface area contributed by atoms with Crippen molar-refractivity contribution in [3.63, 3.8) is 0 Å². The van der Waals surface area contributed by atoms with E-state index in [0.717, 1.165) is 0 Å². The van der Waals surface area contributed by atoms with Gasteiger partial charge in [0.1, 0.15) is 5.82 Å². The molecule has 0 heterocycles. The molecular formula is C17H14ClF4NO3S.